The van der Waals surface area contributed by atoms with Crippen molar-refractivity contribution in [1.29, 1.82) is 0 Å². The van der Waals surface area contributed by atoms with E-state index in [9.17, 15) is 19.8 Å². The highest BCUT2D eigenvalue weighted by Gasteiger charge is 2.20. The Kier molecular flexibility index (Phi) is 54.1. The molecule has 0 aliphatic heterocycles. The highest BCUT2D eigenvalue weighted by molar-refractivity contribution is 5.76. The van der Waals surface area contributed by atoms with Crippen LogP contribution in [-0.4, -0.2) is 47.4 Å². The quantitative estimate of drug-likeness (QED) is 0.0244. The van der Waals surface area contributed by atoms with Crippen molar-refractivity contribution in [1.82, 2.24) is 5.32 Å². The molecule has 0 saturated carbocycles. The fraction of sp³-hybridized carbons (Fsp3) is 0.867. The van der Waals surface area contributed by atoms with Crippen LogP contribution in [0.4, 0.5) is 0 Å². The summed E-state index contributed by atoms with van der Waals surface area (Å²) in [5.74, 6) is -0.0858. The van der Waals surface area contributed by atoms with Crippen LogP contribution in [0.25, 0.3) is 0 Å². The highest BCUT2D eigenvalue weighted by Crippen LogP contribution is 2.17. The summed E-state index contributed by atoms with van der Waals surface area (Å²) >= 11 is 0. The van der Waals surface area contributed by atoms with Crippen LogP contribution < -0.4 is 5.32 Å². The predicted octanol–water partition coefficient (Wildman–Crippen LogP) is 18.0. The summed E-state index contributed by atoms with van der Waals surface area (Å²) in [4.78, 5) is 24.5. The van der Waals surface area contributed by atoms with Gasteiger partial charge in [0.25, 0.3) is 0 Å². The van der Waals surface area contributed by atoms with Gasteiger partial charge in [-0.1, -0.05) is 249 Å². The van der Waals surface area contributed by atoms with Crippen LogP contribution in [0.2, 0.25) is 0 Å². The van der Waals surface area contributed by atoms with Crippen LogP contribution in [-0.2, 0) is 14.3 Å². The second-order valence-electron chi connectivity index (χ2n) is 20.0. The van der Waals surface area contributed by atoms with E-state index in [4.69, 9.17) is 4.74 Å². The molecule has 66 heavy (non-hydrogen) atoms. The zero-order valence-corrected chi connectivity index (χ0v) is 44.2. The number of ether oxygens (including phenoxy) is 1. The summed E-state index contributed by atoms with van der Waals surface area (Å²) in [6.45, 7) is 4.90. The van der Waals surface area contributed by atoms with Gasteiger partial charge in [-0.3, -0.25) is 9.59 Å². The second-order valence-corrected chi connectivity index (χ2v) is 20.0. The molecule has 1 amide bonds. The minimum absolute atomic E-state index is 0.0300. The minimum Gasteiger partial charge on any atom is -0.466 e. The van der Waals surface area contributed by atoms with Gasteiger partial charge in [0.1, 0.15) is 0 Å². The highest BCUT2D eigenvalue weighted by atomic mass is 16.5. The lowest BCUT2D eigenvalue weighted by Gasteiger charge is -2.22. The van der Waals surface area contributed by atoms with Crippen molar-refractivity contribution in [2.24, 2.45) is 0 Å². The van der Waals surface area contributed by atoms with E-state index in [1.165, 1.54) is 199 Å². The van der Waals surface area contributed by atoms with Crippen LogP contribution in [0.15, 0.2) is 36.5 Å². The van der Waals surface area contributed by atoms with Gasteiger partial charge in [-0.15, -0.1) is 0 Å². The molecule has 0 saturated heterocycles. The molecule has 0 spiro atoms. The second kappa shape index (κ2) is 55.7. The summed E-state index contributed by atoms with van der Waals surface area (Å²) < 4.78 is 5.44. The standard InChI is InChI=1S/C60H113NO5/c1-3-5-7-9-11-13-15-17-19-20-21-22-23-25-28-32-36-40-44-48-52-58(63)57(56-62)61-59(64)53-49-45-41-37-33-29-26-24-27-31-35-39-43-47-51-55-66-60(65)54-50-46-42-38-34-30-18-16-14-12-10-8-6-4-2/h16,18,24,27,31,35,57-58,62-63H,3-15,17,19-23,25-26,28-30,32-34,36-56H2,1-2H3,(H,61,64)/b18-16-,27-24-,35-31-. The molecule has 2 atom stereocenters. The lowest BCUT2D eigenvalue weighted by molar-refractivity contribution is -0.143. The largest absolute Gasteiger partial charge is 0.466 e. The first kappa shape index (κ1) is 64.1. The van der Waals surface area contributed by atoms with Crippen LogP contribution in [0.1, 0.15) is 309 Å². The molecule has 0 aliphatic rings. The molecule has 0 fully saturated rings. The number of hydrogen-bond acceptors (Lipinski definition) is 5. The Labute approximate surface area is 411 Å². The van der Waals surface area contributed by atoms with E-state index in [2.05, 4.69) is 55.6 Å². The number of aliphatic hydroxyl groups excluding tert-OH is 2. The first-order valence-corrected chi connectivity index (χ1v) is 29.3. The molecule has 0 heterocycles. The molecular weight excluding hydrogens is 815 g/mol. The van der Waals surface area contributed by atoms with E-state index in [1.807, 2.05) is 0 Å². The van der Waals surface area contributed by atoms with Gasteiger partial charge >= 0.3 is 5.97 Å². The van der Waals surface area contributed by atoms with Crippen LogP contribution in [0.5, 0.6) is 0 Å². The summed E-state index contributed by atoms with van der Waals surface area (Å²) in [6.07, 6.45) is 68.5. The molecule has 388 valence electrons. The predicted molar refractivity (Wildman–Crippen MR) is 287 cm³/mol. The summed E-state index contributed by atoms with van der Waals surface area (Å²) in [5.41, 5.74) is 0. The fourth-order valence-corrected chi connectivity index (χ4v) is 8.92. The molecule has 0 bridgehead atoms. The number of hydrogen-bond donors (Lipinski definition) is 3. The van der Waals surface area contributed by atoms with E-state index < -0.39 is 12.1 Å². The molecule has 0 aromatic heterocycles. The molecular formula is C60H113NO5. The van der Waals surface area contributed by atoms with E-state index in [0.717, 1.165) is 77.0 Å². The maximum atomic E-state index is 12.5. The van der Waals surface area contributed by atoms with Crippen LogP contribution >= 0.6 is 0 Å². The third kappa shape index (κ3) is 51.5. The molecule has 6 heteroatoms. The average molecular weight is 929 g/mol. The van der Waals surface area contributed by atoms with Crippen LogP contribution in [0, 0.1) is 0 Å². The van der Waals surface area contributed by atoms with Gasteiger partial charge in [0, 0.05) is 12.8 Å². The van der Waals surface area contributed by atoms with Crippen molar-refractivity contribution >= 4 is 11.9 Å². The molecule has 3 N–H and O–H groups in total. The topological polar surface area (TPSA) is 95.9 Å². The number of carbonyl (C=O) groups excluding carboxylic acids is 2. The van der Waals surface area contributed by atoms with Crippen LogP contribution in [0.3, 0.4) is 0 Å². The smallest absolute Gasteiger partial charge is 0.305 e. The van der Waals surface area contributed by atoms with Gasteiger partial charge in [0.15, 0.2) is 0 Å². The number of amides is 1. The Morgan fingerprint density at radius 2 is 0.758 bits per heavy atom. The van der Waals surface area contributed by atoms with Gasteiger partial charge in [0.2, 0.25) is 5.91 Å². The number of unbranched alkanes of at least 4 members (excludes halogenated alkanes) is 38. The first-order valence-electron chi connectivity index (χ1n) is 29.3. The number of rotatable bonds is 54. The maximum Gasteiger partial charge on any atom is 0.305 e. The van der Waals surface area contributed by atoms with Crippen molar-refractivity contribution in [3.8, 4) is 0 Å². The van der Waals surface area contributed by atoms with E-state index in [-0.39, 0.29) is 18.5 Å². The molecule has 0 aliphatic carbocycles. The number of nitrogens with one attached hydrogen (secondary N) is 1. The Bertz CT molecular complexity index is 1070. The Morgan fingerprint density at radius 3 is 1.17 bits per heavy atom. The van der Waals surface area contributed by atoms with E-state index >= 15 is 0 Å². The third-order valence-electron chi connectivity index (χ3n) is 13.4. The zero-order chi connectivity index (χ0) is 47.9. The molecule has 2 unspecified atom stereocenters. The number of allylic oxidation sites excluding steroid dienone is 6. The third-order valence-corrected chi connectivity index (χ3v) is 13.4. The minimum atomic E-state index is -0.680. The lowest BCUT2D eigenvalue weighted by atomic mass is 10.0. The van der Waals surface area contributed by atoms with Gasteiger partial charge in [0.05, 0.1) is 25.4 Å². The summed E-state index contributed by atoms with van der Waals surface area (Å²) in [5, 5.41) is 23.3. The SMILES string of the molecule is CCCCCCC/C=C\CCCCCCCC(=O)OCCCCC/C=C\C=C/CCCCCCCCC(=O)NC(CO)C(O)CCCCCCCCCCCCCCCCCCCCCC. The fourth-order valence-electron chi connectivity index (χ4n) is 8.92. The number of carbonyl (C=O) groups is 2. The molecule has 0 rings (SSSR count). The van der Waals surface area contributed by atoms with Gasteiger partial charge in [-0.05, 0) is 83.5 Å². The first-order chi connectivity index (χ1) is 32.5. The Balaban J connectivity index is 3.52. The van der Waals surface area contributed by atoms with Crippen molar-refractivity contribution in [3.63, 3.8) is 0 Å². The van der Waals surface area contributed by atoms with Crippen molar-refractivity contribution in [2.45, 2.75) is 321 Å². The van der Waals surface area contributed by atoms with Crippen molar-refractivity contribution < 1.29 is 24.5 Å². The average Bonchev–Trinajstić information content (AvgIpc) is 3.32. The van der Waals surface area contributed by atoms with E-state index in [1.54, 1.807) is 0 Å². The maximum absolute atomic E-state index is 12.5. The van der Waals surface area contributed by atoms with Gasteiger partial charge < -0.3 is 20.3 Å². The number of aliphatic hydroxyl groups is 2. The summed E-state index contributed by atoms with van der Waals surface area (Å²) in [6, 6.07) is -0.559. The van der Waals surface area contributed by atoms with Gasteiger partial charge in [-0.2, -0.15) is 0 Å². The monoisotopic (exact) mass is 928 g/mol. The lowest BCUT2D eigenvalue weighted by Crippen LogP contribution is -2.45. The number of esters is 1. The van der Waals surface area contributed by atoms with E-state index in [0.29, 0.717) is 25.9 Å². The summed E-state index contributed by atoms with van der Waals surface area (Å²) in [7, 11) is 0. The normalized spacial score (nSPS) is 12.8. The van der Waals surface area contributed by atoms with Crippen molar-refractivity contribution in [2.75, 3.05) is 13.2 Å². The molecule has 0 aromatic carbocycles. The Hall–Kier alpha value is -1.92. The van der Waals surface area contributed by atoms with Crippen molar-refractivity contribution in [3.05, 3.63) is 36.5 Å². The molecule has 0 aromatic rings. The Morgan fingerprint density at radius 1 is 0.424 bits per heavy atom. The van der Waals surface area contributed by atoms with Gasteiger partial charge in [-0.25, -0.2) is 0 Å². The zero-order valence-electron chi connectivity index (χ0n) is 44.2. The molecule has 6 nitrogen and oxygen atoms in total. The molecule has 0 radical (unpaired) electrons.